The van der Waals surface area contributed by atoms with Crippen molar-refractivity contribution in [1.29, 1.82) is 0 Å². The van der Waals surface area contributed by atoms with Crippen LogP contribution in [-0.4, -0.2) is 26.8 Å². The average molecular weight is 349 g/mol. The molecule has 0 atom stereocenters. The van der Waals surface area contributed by atoms with Crippen molar-refractivity contribution in [2.45, 2.75) is 52.5 Å². The normalized spacial score (nSPS) is 11.5. The molecule has 0 bridgehead atoms. The summed E-state index contributed by atoms with van der Waals surface area (Å²) in [4.78, 5) is 25.8. The van der Waals surface area contributed by atoms with Crippen LogP contribution in [0.3, 0.4) is 0 Å². The van der Waals surface area contributed by atoms with Crippen molar-refractivity contribution in [3.63, 3.8) is 0 Å². The quantitative estimate of drug-likeness (QED) is 0.803. The molecule has 0 saturated carbocycles. The van der Waals surface area contributed by atoms with Crippen LogP contribution >= 0.6 is 11.3 Å². The Morgan fingerprint density at radius 1 is 1.38 bits per heavy atom. The van der Waals surface area contributed by atoms with E-state index in [0.717, 1.165) is 12.8 Å². The molecule has 0 aliphatic rings. The fourth-order valence-electron chi connectivity index (χ4n) is 2.39. The number of hydrogen-bond donors (Lipinski definition) is 2. The molecule has 24 heavy (non-hydrogen) atoms. The minimum atomic E-state index is -1.16. The molecule has 0 saturated heterocycles. The highest BCUT2D eigenvalue weighted by Gasteiger charge is 2.30. The van der Waals surface area contributed by atoms with Gasteiger partial charge in [0, 0.05) is 22.4 Å². The zero-order valence-electron chi connectivity index (χ0n) is 14.4. The molecular formula is C17H23N3O3S. The lowest BCUT2D eigenvalue weighted by Gasteiger charge is -2.19. The molecule has 2 rings (SSSR count). The number of carboxylic acids is 1. The van der Waals surface area contributed by atoms with Gasteiger partial charge < -0.3 is 10.4 Å². The lowest BCUT2D eigenvalue weighted by atomic mass is 10.1. The highest BCUT2D eigenvalue weighted by molar-refractivity contribution is 7.12. The Kier molecular flexibility index (Phi) is 5.43. The number of anilines is 1. The van der Waals surface area contributed by atoms with Crippen molar-refractivity contribution in [1.82, 2.24) is 9.78 Å². The number of thiophene rings is 1. The Hall–Kier alpha value is -2.15. The summed E-state index contributed by atoms with van der Waals surface area (Å²) in [5.41, 5.74) is 0.662. The SMILES string of the molecule is Cc1cc(CCCC(=O)Nc2cnn(C(C)(C)C(=O)O)c2)c(C)s1. The summed E-state index contributed by atoms with van der Waals surface area (Å²) in [6.07, 6.45) is 5.09. The van der Waals surface area contributed by atoms with Crippen LogP contribution in [0.5, 0.6) is 0 Å². The van der Waals surface area contributed by atoms with Gasteiger partial charge in [-0.2, -0.15) is 5.10 Å². The third-order valence-corrected chi connectivity index (χ3v) is 4.96. The first-order valence-corrected chi connectivity index (χ1v) is 8.66. The number of hydrogen-bond acceptors (Lipinski definition) is 4. The second kappa shape index (κ2) is 7.17. The predicted molar refractivity (Wildman–Crippen MR) is 94.5 cm³/mol. The molecular weight excluding hydrogens is 326 g/mol. The van der Waals surface area contributed by atoms with Crippen LogP contribution in [0.2, 0.25) is 0 Å². The topological polar surface area (TPSA) is 84.2 Å². The minimum absolute atomic E-state index is 0.0905. The van der Waals surface area contributed by atoms with Gasteiger partial charge in [0.2, 0.25) is 5.91 Å². The van der Waals surface area contributed by atoms with E-state index in [1.807, 2.05) is 0 Å². The van der Waals surface area contributed by atoms with Crippen LogP contribution in [0.25, 0.3) is 0 Å². The summed E-state index contributed by atoms with van der Waals surface area (Å²) in [5, 5.41) is 16.0. The highest BCUT2D eigenvalue weighted by atomic mass is 32.1. The van der Waals surface area contributed by atoms with Crippen LogP contribution < -0.4 is 5.32 Å². The number of amides is 1. The Morgan fingerprint density at radius 3 is 2.67 bits per heavy atom. The van der Waals surface area contributed by atoms with Crippen LogP contribution in [0.4, 0.5) is 5.69 Å². The first-order valence-electron chi connectivity index (χ1n) is 7.84. The van der Waals surface area contributed by atoms with Gasteiger partial charge in [-0.1, -0.05) is 0 Å². The molecule has 7 heteroatoms. The summed E-state index contributed by atoms with van der Waals surface area (Å²) < 4.78 is 1.34. The smallest absolute Gasteiger partial charge is 0.331 e. The van der Waals surface area contributed by atoms with E-state index >= 15 is 0 Å². The Balaban J connectivity index is 1.86. The second-order valence-corrected chi connectivity index (χ2v) is 7.84. The largest absolute Gasteiger partial charge is 0.479 e. The molecule has 0 spiro atoms. The van der Waals surface area contributed by atoms with Gasteiger partial charge in [0.25, 0.3) is 0 Å². The predicted octanol–water partition coefficient (Wildman–Crippen LogP) is 3.34. The number of aliphatic carboxylic acids is 1. The molecule has 130 valence electrons. The number of aromatic nitrogens is 2. The zero-order chi connectivity index (χ0) is 17.9. The van der Waals surface area contributed by atoms with E-state index in [1.165, 1.54) is 26.2 Å². The van der Waals surface area contributed by atoms with E-state index in [-0.39, 0.29) is 5.91 Å². The monoisotopic (exact) mass is 349 g/mol. The molecule has 0 aliphatic carbocycles. The van der Waals surface area contributed by atoms with E-state index in [1.54, 1.807) is 31.4 Å². The van der Waals surface area contributed by atoms with Crippen molar-refractivity contribution in [2.75, 3.05) is 5.32 Å². The summed E-state index contributed by atoms with van der Waals surface area (Å²) in [6, 6.07) is 2.18. The molecule has 2 heterocycles. The third kappa shape index (κ3) is 4.23. The fourth-order valence-corrected chi connectivity index (χ4v) is 3.36. The maximum Gasteiger partial charge on any atom is 0.331 e. The van der Waals surface area contributed by atoms with Crippen molar-refractivity contribution in [2.24, 2.45) is 0 Å². The molecule has 1 amide bonds. The molecule has 2 aromatic heterocycles. The van der Waals surface area contributed by atoms with Gasteiger partial charge >= 0.3 is 5.97 Å². The molecule has 0 unspecified atom stereocenters. The molecule has 0 radical (unpaired) electrons. The number of nitrogens with zero attached hydrogens (tertiary/aromatic N) is 2. The summed E-state index contributed by atoms with van der Waals surface area (Å²) in [5.74, 6) is -1.07. The lowest BCUT2D eigenvalue weighted by Crippen LogP contribution is -2.35. The lowest BCUT2D eigenvalue weighted by molar-refractivity contribution is -0.146. The van der Waals surface area contributed by atoms with E-state index in [4.69, 9.17) is 0 Å². The summed E-state index contributed by atoms with van der Waals surface area (Å²) >= 11 is 1.78. The van der Waals surface area contributed by atoms with Crippen LogP contribution in [-0.2, 0) is 21.5 Å². The molecule has 0 fully saturated rings. The summed E-state index contributed by atoms with van der Waals surface area (Å²) in [6.45, 7) is 7.30. The zero-order valence-corrected chi connectivity index (χ0v) is 15.2. The molecule has 6 nitrogen and oxygen atoms in total. The van der Waals surface area contributed by atoms with Crippen LogP contribution in [0, 0.1) is 13.8 Å². The van der Waals surface area contributed by atoms with E-state index in [9.17, 15) is 14.7 Å². The minimum Gasteiger partial charge on any atom is -0.479 e. The molecule has 2 aromatic rings. The maximum absolute atomic E-state index is 12.0. The van der Waals surface area contributed by atoms with Crippen molar-refractivity contribution in [3.05, 3.63) is 33.8 Å². The standard InChI is InChI=1S/C17H23N3O3S/c1-11-8-13(12(2)24-11)6-5-7-15(21)19-14-9-18-20(10-14)17(3,4)16(22)23/h8-10H,5-7H2,1-4H3,(H,19,21)(H,22,23). The number of carboxylic acid groups (broad SMARTS) is 1. The average Bonchev–Trinajstić information content (AvgIpc) is 3.06. The number of nitrogens with one attached hydrogen (secondary N) is 1. The Labute approximate surface area is 145 Å². The molecule has 0 aromatic carbocycles. The Morgan fingerprint density at radius 2 is 2.08 bits per heavy atom. The molecule has 0 aliphatic heterocycles. The maximum atomic E-state index is 12.0. The van der Waals surface area contributed by atoms with E-state index < -0.39 is 11.5 Å². The van der Waals surface area contributed by atoms with Crippen LogP contribution in [0.1, 0.15) is 42.0 Å². The van der Waals surface area contributed by atoms with Gasteiger partial charge in [-0.3, -0.25) is 9.48 Å². The van der Waals surface area contributed by atoms with Gasteiger partial charge in [-0.25, -0.2) is 4.79 Å². The van der Waals surface area contributed by atoms with Gasteiger partial charge in [-0.05, 0) is 52.2 Å². The van der Waals surface area contributed by atoms with Crippen LogP contribution in [0.15, 0.2) is 18.5 Å². The van der Waals surface area contributed by atoms with Crippen molar-refractivity contribution in [3.8, 4) is 0 Å². The van der Waals surface area contributed by atoms with Crippen molar-refractivity contribution < 1.29 is 14.7 Å². The highest BCUT2D eigenvalue weighted by Crippen LogP contribution is 2.22. The fraction of sp³-hybridized carbons (Fsp3) is 0.471. The van der Waals surface area contributed by atoms with Gasteiger partial charge in [0.15, 0.2) is 5.54 Å². The number of rotatable bonds is 7. The third-order valence-electron chi connectivity index (χ3n) is 3.96. The number of aryl methyl sites for hydroxylation is 3. The second-order valence-electron chi connectivity index (χ2n) is 6.38. The first kappa shape index (κ1) is 18.2. The summed E-state index contributed by atoms with van der Waals surface area (Å²) in [7, 11) is 0. The van der Waals surface area contributed by atoms with Gasteiger partial charge in [0.1, 0.15) is 0 Å². The Bertz CT molecular complexity index is 746. The van der Waals surface area contributed by atoms with E-state index in [0.29, 0.717) is 12.1 Å². The number of carbonyl (C=O) groups excluding carboxylic acids is 1. The number of carbonyl (C=O) groups is 2. The van der Waals surface area contributed by atoms with Gasteiger partial charge in [0.05, 0.1) is 11.9 Å². The first-order chi connectivity index (χ1) is 11.2. The molecule has 2 N–H and O–H groups in total. The van der Waals surface area contributed by atoms with Crippen molar-refractivity contribution >= 4 is 28.9 Å². The van der Waals surface area contributed by atoms with E-state index in [2.05, 4.69) is 30.3 Å². The van der Waals surface area contributed by atoms with Gasteiger partial charge in [-0.15, -0.1) is 11.3 Å².